The molecule has 0 bridgehead atoms. The van der Waals surface area contributed by atoms with E-state index in [1.54, 1.807) is 36.4 Å². The lowest BCUT2D eigenvalue weighted by molar-refractivity contribution is -0.121. The molecule has 0 saturated carbocycles. The van der Waals surface area contributed by atoms with Crippen LogP contribution in [0.3, 0.4) is 0 Å². The van der Waals surface area contributed by atoms with Gasteiger partial charge in [-0.05, 0) is 53.9 Å². The van der Waals surface area contributed by atoms with Crippen LogP contribution in [0.4, 0.5) is 5.69 Å². The molecule has 0 radical (unpaired) electrons. The first-order valence-electron chi connectivity index (χ1n) is 10.6. The molecule has 1 aliphatic heterocycles. The van der Waals surface area contributed by atoms with E-state index in [4.69, 9.17) is 9.15 Å². The number of carbonyl (C=O) groups excluding carboxylic acids is 3. The molecule has 1 atom stereocenters. The first-order valence-corrected chi connectivity index (χ1v) is 10.6. The van der Waals surface area contributed by atoms with Gasteiger partial charge in [0.25, 0.3) is 5.91 Å². The molecule has 1 unspecified atom stereocenters. The second-order valence-electron chi connectivity index (χ2n) is 7.60. The Labute approximate surface area is 186 Å². The van der Waals surface area contributed by atoms with E-state index in [0.717, 1.165) is 17.5 Å². The summed E-state index contributed by atoms with van der Waals surface area (Å²) in [4.78, 5) is 39.7. The zero-order valence-electron chi connectivity index (χ0n) is 17.7. The quantitative estimate of drug-likeness (QED) is 0.594. The largest absolute Gasteiger partial charge is 0.462 e. The predicted octanol–water partition coefficient (Wildman–Crippen LogP) is 4.05. The molecule has 7 heteroatoms. The van der Waals surface area contributed by atoms with Crippen molar-refractivity contribution in [2.75, 3.05) is 11.9 Å². The van der Waals surface area contributed by atoms with E-state index in [0.29, 0.717) is 30.8 Å². The maximum Gasteiger partial charge on any atom is 0.338 e. The number of fused-ring (bicyclic) bond motifs is 1. The van der Waals surface area contributed by atoms with E-state index >= 15 is 0 Å². The van der Waals surface area contributed by atoms with Crippen molar-refractivity contribution in [1.82, 2.24) is 4.90 Å². The average molecular weight is 432 g/mol. The van der Waals surface area contributed by atoms with E-state index in [2.05, 4.69) is 5.32 Å². The number of furan rings is 1. The maximum absolute atomic E-state index is 13.2. The minimum Gasteiger partial charge on any atom is -0.462 e. The highest BCUT2D eigenvalue weighted by atomic mass is 16.5. The molecule has 3 aromatic rings. The van der Waals surface area contributed by atoms with Crippen molar-refractivity contribution in [2.24, 2.45) is 0 Å². The van der Waals surface area contributed by atoms with Gasteiger partial charge in [-0.15, -0.1) is 0 Å². The van der Waals surface area contributed by atoms with E-state index in [-0.39, 0.29) is 17.6 Å². The van der Waals surface area contributed by atoms with Crippen LogP contribution in [0.2, 0.25) is 0 Å². The summed E-state index contributed by atoms with van der Waals surface area (Å²) in [5.74, 6) is -0.847. The third-order valence-corrected chi connectivity index (χ3v) is 5.37. The first-order chi connectivity index (χ1) is 15.6. The van der Waals surface area contributed by atoms with Crippen molar-refractivity contribution in [2.45, 2.75) is 32.4 Å². The molecule has 0 fully saturated rings. The third kappa shape index (κ3) is 4.56. The van der Waals surface area contributed by atoms with E-state index < -0.39 is 12.0 Å². The average Bonchev–Trinajstić information content (AvgIpc) is 3.36. The van der Waals surface area contributed by atoms with E-state index in [1.807, 2.05) is 31.2 Å². The summed E-state index contributed by atoms with van der Waals surface area (Å²) in [7, 11) is 0. The molecular weight excluding hydrogens is 408 g/mol. The molecule has 32 heavy (non-hydrogen) atoms. The number of nitrogens with zero attached hydrogens (tertiary/aromatic N) is 1. The highest BCUT2D eigenvalue weighted by molar-refractivity contribution is 6.01. The fourth-order valence-electron chi connectivity index (χ4n) is 3.71. The Bertz CT molecular complexity index is 1110. The lowest BCUT2D eigenvalue weighted by Gasteiger charge is -2.35. The maximum atomic E-state index is 13.2. The van der Waals surface area contributed by atoms with Gasteiger partial charge in [0.1, 0.15) is 6.04 Å². The first kappa shape index (κ1) is 21.4. The zero-order chi connectivity index (χ0) is 22.5. The molecule has 1 N–H and O–H groups in total. The van der Waals surface area contributed by atoms with Gasteiger partial charge >= 0.3 is 5.97 Å². The number of anilines is 1. The Balaban J connectivity index is 1.52. The number of benzene rings is 2. The summed E-state index contributed by atoms with van der Waals surface area (Å²) >= 11 is 0. The standard InChI is InChI=1S/C25H24N2O5/c1-2-13-32-25(30)17-9-11-20(12-10-17)26-23(28)21-15-18-6-3-4-7-19(18)16-27(21)24(29)22-8-5-14-31-22/h3-12,14,21H,2,13,15-16H2,1H3,(H,26,28). The summed E-state index contributed by atoms with van der Waals surface area (Å²) in [5, 5.41) is 2.87. The van der Waals surface area contributed by atoms with Crippen LogP contribution in [0.25, 0.3) is 0 Å². The summed E-state index contributed by atoms with van der Waals surface area (Å²) in [6, 6.07) is 16.8. The molecule has 1 aromatic heterocycles. The van der Waals surface area contributed by atoms with E-state index in [9.17, 15) is 14.4 Å². The number of ether oxygens (including phenoxy) is 1. The van der Waals surface area contributed by atoms with Crippen molar-refractivity contribution in [3.05, 3.63) is 89.4 Å². The summed E-state index contributed by atoms with van der Waals surface area (Å²) in [6.45, 7) is 2.60. The molecular formula is C25H24N2O5. The number of carbonyl (C=O) groups is 3. The third-order valence-electron chi connectivity index (χ3n) is 5.37. The predicted molar refractivity (Wildman–Crippen MR) is 118 cm³/mol. The van der Waals surface area contributed by atoms with E-state index in [1.165, 1.54) is 11.2 Å². The fraction of sp³-hybridized carbons (Fsp3) is 0.240. The van der Waals surface area contributed by atoms with Crippen LogP contribution in [0.1, 0.15) is 45.4 Å². The smallest absolute Gasteiger partial charge is 0.338 e. The Kier molecular flexibility index (Phi) is 6.35. The lowest BCUT2D eigenvalue weighted by Crippen LogP contribution is -2.50. The summed E-state index contributed by atoms with van der Waals surface area (Å²) in [5.41, 5.74) is 2.99. The number of rotatable bonds is 6. The molecule has 1 aliphatic rings. The highest BCUT2D eigenvalue weighted by Crippen LogP contribution is 2.26. The Morgan fingerprint density at radius 2 is 1.78 bits per heavy atom. The lowest BCUT2D eigenvalue weighted by atomic mass is 9.93. The highest BCUT2D eigenvalue weighted by Gasteiger charge is 2.36. The van der Waals surface area contributed by atoms with Crippen molar-refractivity contribution in [1.29, 1.82) is 0 Å². The van der Waals surface area contributed by atoms with Crippen molar-refractivity contribution >= 4 is 23.5 Å². The van der Waals surface area contributed by atoms with Gasteiger partial charge in [-0.3, -0.25) is 9.59 Å². The molecule has 0 aliphatic carbocycles. The minimum absolute atomic E-state index is 0.192. The van der Waals surface area contributed by atoms with Gasteiger partial charge in [0, 0.05) is 18.7 Å². The molecule has 2 aromatic carbocycles. The Morgan fingerprint density at radius 1 is 1.03 bits per heavy atom. The topological polar surface area (TPSA) is 88.9 Å². The van der Waals surface area contributed by atoms with Crippen molar-refractivity contribution < 1.29 is 23.5 Å². The van der Waals surface area contributed by atoms with Crippen molar-refractivity contribution in [3.63, 3.8) is 0 Å². The second kappa shape index (κ2) is 9.51. The van der Waals surface area contributed by atoms with Crippen LogP contribution in [0, 0.1) is 0 Å². The SMILES string of the molecule is CCCOC(=O)c1ccc(NC(=O)C2Cc3ccccc3CN2C(=O)c2ccco2)cc1. The van der Waals surface area contributed by atoms with Crippen LogP contribution < -0.4 is 5.32 Å². The van der Waals surface area contributed by atoms with Crippen LogP contribution in [0.15, 0.2) is 71.3 Å². The van der Waals surface area contributed by atoms with Crippen LogP contribution >= 0.6 is 0 Å². The summed E-state index contributed by atoms with van der Waals surface area (Å²) < 4.78 is 10.4. The molecule has 2 heterocycles. The summed E-state index contributed by atoms with van der Waals surface area (Å²) in [6.07, 6.45) is 2.58. The Morgan fingerprint density at radius 3 is 2.47 bits per heavy atom. The van der Waals surface area contributed by atoms with Gasteiger partial charge in [0.2, 0.25) is 5.91 Å². The molecule has 7 nitrogen and oxygen atoms in total. The van der Waals surface area contributed by atoms with Crippen molar-refractivity contribution in [3.8, 4) is 0 Å². The zero-order valence-corrected chi connectivity index (χ0v) is 17.7. The number of nitrogens with one attached hydrogen (secondary N) is 1. The monoisotopic (exact) mass is 432 g/mol. The molecule has 0 spiro atoms. The normalized spacial score (nSPS) is 15.0. The molecule has 164 valence electrons. The van der Waals surface area contributed by atoms with Gasteiger partial charge in [0.15, 0.2) is 5.76 Å². The van der Waals surface area contributed by atoms with Gasteiger partial charge in [-0.25, -0.2) is 4.79 Å². The van der Waals surface area contributed by atoms with Gasteiger partial charge < -0.3 is 19.4 Å². The number of hydrogen-bond donors (Lipinski definition) is 1. The van der Waals surface area contributed by atoms with Crippen LogP contribution in [0.5, 0.6) is 0 Å². The second-order valence-corrected chi connectivity index (χ2v) is 7.60. The molecule has 2 amide bonds. The number of esters is 1. The Hall–Kier alpha value is -3.87. The number of amides is 2. The molecule has 4 rings (SSSR count). The van der Waals surface area contributed by atoms with Gasteiger partial charge in [-0.2, -0.15) is 0 Å². The molecule has 0 saturated heterocycles. The van der Waals surface area contributed by atoms with Gasteiger partial charge in [-0.1, -0.05) is 31.2 Å². The van der Waals surface area contributed by atoms with Gasteiger partial charge in [0.05, 0.1) is 18.4 Å². The minimum atomic E-state index is -0.698. The number of hydrogen-bond acceptors (Lipinski definition) is 5. The van der Waals surface area contributed by atoms with Crippen LogP contribution in [-0.4, -0.2) is 35.3 Å². The fourth-order valence-corrected chi connectivity index (χ4v) is 3.71. The van der Waals surface area contributed by atoms with Crippen LogP contribution in [-0.2, 0) is 22.5 Å².